The maximum absolute atomic E-state index is 5.77. The van der Waals surface area contributed by atoms with Crippen molar-refractivity contribution < 1.29 is 0 Å². The molecule has 0 aliphatic carbocycles. The van der Waals surface area contributed by atoms with E-state index in [0.29, 0.717) is 5.04 Å². The Balaban J connectivity index is 3.58. The second kappa shape index (κ2) is 3.62. The average molecular weight is 165 g/mol. The number of hydrogen-bond acceptors (Lipinski definition) is 0. The largest absolute Gasteiger partial charge is 0.126 e. The Hall–Kier alpha value is 0.507. The van der Waals surface area contributed by atoms with E-state index in [1.54, 1.807) is 0 Å². The molecule has 0 unspecified atom stereocenters. The summed E-state index contributed by atoms with van der Waals surface area (Å²) in [4.78, 5) is 0. The summed E-state index contributed by atoms with van der Waals surface area (Å²) in [7, 11) is 0.0421. The molecular formula is C7H17ClSi. The third kappa shape index (κ3) is 4.98. The van der Waals surface area contributed by atoms with E-state index in [1.807, 2.05) is 0 Å². The summed E-state index contributed by atoms with van der Waals surface area (Å²) in [6.45, 7) is 9.12. The maximum atomic E-state index is 5.77. The van der Waals surface area contributed by atoms with E-state index in [0.717, 1.165) is 11.4 Å². The van der Waals surface area contributed by atoms with Gasteiger partial charge in [-0.25, -0.2) is 0 Å². The lowest BCUT2D eigenvalue weighted by Gasteiger charge is -2.22. The molecular weight excluding hydrogens is 148 g/mol. The molecule has 2 heteroatoms. The molecule has 0 fully saturated rings. The Morgan fingerprint density at radius 1 is 1.44 bits per heavy atom. The van der Waals surface area contributed by atoms with Crippen molar-refractivity contribution in [2.75, 3.05) is 5.88 Å². The average Bonchev–Trinajstić information content (AvgIpc) is 1.63. The van der Waals surface area contributed by atoms with Gasteiger partial charge in [-0.3, -0.25) is 0 Å². The Morgan fingerprint density at radius 3 is 2.00 bits per heavy atom. The molecule has 0 saturated carbocycles. The fraction of sp³-hybridized carbons (Fsp3) is 1.00. The van der Waals surface area contributed by atoms with E-state index in [1.165, 1.54) is 0 Å². The normalized spacial score (nSPS) is 14.0. The van der Waals surface area contributed by atoms with E-state index in [2.05, 4.69) is 27.7 Å². The smallest absolute Gasteiger partial charge is 0.0304 e. The second-order valence-corrected chi connectivity index (χ2v) is 8.12. The molecule has 0 radical (unpaired) electrons. The molecule has 0 aromatic carbocycles. The van der Waals surface area contributed by atoms with Crippen molar-refractivity contribution in [1.82, 2.24) is 0 Å². The van der Waals surface area contributed by atoms with Crippen LogP contribution in [0.4, 0.5) is 0 Å². The van der Waals surface area contributed by atoms with Gasteiger partial charge >= 0.3 is 0 Å². The highest BCUT2D eigenvalue weighted by Gasteiger charge is 2.17. The van der Waals surface area contributed by atoms with Gasteiger partial charge in [0, 0.05) is 15.4 Å². The van der Waals surface area contributed by atoms with Crippen LogP contribution in [0.2, 0.25) is 10.6 Å². The van der Waals surface area contributed by atoms with E-state index in [4.69, 9.17) is 11.6 Å². The zero-order chi connectivity index (χ0) is 7.49. The predicted molar refractivity (Wildman–Crippen MR) is 48.4 cm³/mol. The van der Waals surface area contributed by atoms with Gasteiger partial charge in [0.05, 0.1) is 0 Å². The lowest BCUT2D eigenvalue weighted by Crippen LogP contribution is -2.16. The van der Waals surface area contributed by atoms with Gasteiger partial charge in [0.15, 0.2) is 0 Å². The van der Waals surface area contributed by atoms with Crippen molar-refractivity contribution in [3.8, 4) is 0 Å². The third-order valence-electron chi connectivity index (χ3n) is 1.32. The van der Waals surface area contributed by atoms with Crippen LogP contribution in [0.15, 0.2) is 0 Å². The van der Waals surface area contributed by atoms with E-state index < -0.39 is 0 Å². The van der Waals surface area contributed by atoms with Crippen LogP contribution < -0.4 is 0 Å². The third-order valence-corrected chi connectivity index (χ3v) is 4.53. The molecule has 0 aromatic heterocycles. The Kier molecular flexibility index (Phi) is 3.82. The molecule has 0 aliphatic rings. The zero-order valence-corrected chi connectivity index (χ0v) is 9.04. The molecule has 0 aromatic rings. The van der Waals surface area contributed by atoms with Gasteiger partial charge < -0.3 is 0 Å². The van der Waals surface area contributed by atoms with Crippen molar-refractivity contribution in [3.05, 3.63) is 0 Å². The monoisotopic (exact) mass is 164 g/mol. The Morgan fingerprint density at radius 2 is 1.89 bits per heavy atom. The quantitative estimate of drug-likeness (QED) is 0.444. The lowest BCUT2D eigenvalue weighted by atomic mass is 10.2. The van der Waals surface area contributed by atoms with E-state index >= 15 is 0 Å². The summed E-state index contributed by atoms with van der Waals surface area (Å²) < 4.78 is 0. The summed E-state index contributed by atoms with van der Waals surface area (Å²) >= 11 is 5.77. The summed E-state index contributed by atoms with van der Waals surface area (Å²) in [5.41, 5.74) is 0.902. The summed E-state index contributed by atoms with van der Waals surface area (Å²) in [5, 5.41) is 0.468. The molecule has 0 saturated heterocycles. The van der Waals surface area contributed by atoms with Crippen LogP contribution in [-0.2, 0) is 0 Å². The topological polar surface area (TPSA) is 0 Å². The van der Waals surface area contributed by atoms with Gasteiger partial charge in [-0.1, -0.05) is 33.2 Å². The summed E-state index contributed by atoms with van der Waals surface area (Å²) in [6.07, 6.45) is 0. The number of hydrogen-bond donors (Lipinski definition) is 0. The van der Waals surface area contributed by atoms with Gasteiger partial charge in [-0.2, -0.15) is 0 Å². The molecule has 0 heterocycles. The van der Waals surface area contributed by atoms with Gasteiger partial charge in [0.2, 0.25) is 0 Å². The van der Waals surface area contributed by atoms with Crippen LogP contribution in [0.3, 0.4) is 0 Å². The molecule has 0 N–H and O–H groups in total. The first-order valence-electron chi connectivity index (χ1n) is 3.54. The Bertz CT molecular complexity index is 79.0. The molecule has 0 aliphatic heterocycles. The van der Waals surface area contributed by atoms with Crippen LogP contribution in [0.5, 0.6) is 0 Å². The van der Waals surface area contributed by atoms with Crippen LogP contribution in [0, 0.1) is 0 Å². The molecule has 0 nitrogen and oxygen atoms in total. The summed E-state index contributed by atoms with van der Waals surface area (Å²) in [5.74, 6) is 0.831. The standard InChI is InChI=1S/C7H17ClSi/c1-6(2)9-7(3,4)5-8/h6H,5,9H2,1-4H3. The van der Waals surface area contributed by atoms with Crippen LogP contribution in [-0.4, -0.2) is 15.4 Å². The zero-order valence-electron chi connectivity index (χ0n) is 6.87. The SMILES string of the molecule is CC(C)[SiH2]C(C)(C)CCl. The lowest BCUT2D eigenvalue weighted by molar-refractivity contribution is 0.743. The maximum Gasteiger partial charge on any atom is 0.0304 e. The first-order chi connectivity index (χ1) is 3.98. The van der Waals surface area contributed by atoms with Crippen LogP contribution in [0.25, 0.3) is 0 Å². The van der Waals surface area contributed by atoms with E-state index in [-0.39, 0.29) is 9.52 Å². The van der Waals surface area contributed by atoms with Crippen molar-refractivity contribution >= 4 is 21.1 Å². The molecule has 0 bridgehead atoms. The number of rotatable bonds is 3. The highest BCUT2D eigenvalue weighted by Crippen LogP contribution is 2.27. The first-order valence-corrected chi connectivity index (χ1v) is 5.60. The number of halogens is 1. The second-order valence-electron chi connectivity index (χ2n) is 3.90. The van der Waals surface area contributed by atoms with Gasteiger partial charge in [-0.05, 0) is 5.04 Å². The fourth-order valence-electron chi connectivity index (χ4n) is 1.16. The van der Waals surface area contributed by atoms with Gasteiger partial charge in [0.1, 0.15) is 0 Å². The highest BCUT2D eigenvalue weighted by molar-refractivity contribution is 6.43. The van der Waals surface area contributed by atoms with Gasteiger partial charge in [0.25, 0.3) is 0 Å². The fourth-order valence-corrected chi connectivity index (χ4v) is 3.81. The molecule has 0 amide bonds. The molecule has 0 spiro atoms. The van der Waals surface area contributed by atoms with E-state index in [9.17, 15) is 0 Å². The number of alkyl halides is 1. The highest BCUT2D eigenvalue weighted by atomic mass is 35.5. The van der Waals surface area contributed by atoms with Crippen molar-refractivity contribution in [2.45, 2.75) is 38.3 Å². The van der Waals surface area contributed by atoms with Crippen molar-refractivity contribution in [1.29, 1.82) is 0 Å². The minimum absolute atomic E-state index is 0.0421. The summed E-state index contributed by atoms with van der Waals surface area (Å²) in [6, 6.07) is 0. The molecule has 0 rings (SSSR count). The predicted octanol–water partition coefficient (Wildman–Crippen LogP) is 2.42. The van der Waals surface area contributed by atoms with Crippen LogP contribution in [0.1, 0.15) is 27.7 Å². The Labute approximate surface area is 65.8 Å². The van der Waals surface area contributed by atoms with Crippen molar-refractivity contribution in [3.63, 3.8) is 0 Å². The molecule has 9 heavy (non-hydrogen) atoms. The molecule has 56 valence electrons. The first kappa shape index (κ1) is 9.51. The van der Waals surface area contributed by atoms with Gasteiger partial charge in [-0.15, -0.1) is 11.6 Å². The van der Waals surface area contributed by atoms with Crippen LogP contribution >= 0.6 is 11.6 Å². The minimum Gasteiger partial charge on any atom is -0.126 e. The molecule has 0 atom stereocenters. The van der Waals surface area contributed by atoms with Crippen molar-refractivity contribution in [2.24, 2.45) is 0 Å². The minimum atomic E-state index is 0.0421.